The van der Waals surface area contributed by atoms with Gasteiger partial charge in [0.25, 0.3) is 5.13 Å². The Morgan fingerprint density at radius 3 is 1.31 bits per heavy atom. The molecule has 0 bridgehead atoms. The molecule has 1 saturated heterocycles. The SMILES string of the molecule is FC1(F)SC(Cl)(Cl)C(Cl)(Cl)C1(F)Cl. The van der Waals surface area contributed by atoms with Gasteiger partial charge in [0.05, 0.1) is 0 Å². The van der Waals surface area contributed by atoms with Crippen LogP contribution in [0.25, 0.3) is 0 Å². The van der Waals surface area contributed by atoms with Crippen LogP contribution >= 0.6 is 69.8 Å². The molecule has 1 aliphatic rings. The normalized spacial score (nSPS) is 40.6. The molecule has 0 aliphatic carbocycles. The minimum absolute atomic E-state index is 0.434. The van der Waals surface area contributed by atoms with Gasteiger partial charge in [-0.3, -0.25) is 0 Å². The summed E-state index contributed by atoms with van der Waals surface area (Å²) in [5, 5.41) is -7.77. The quantitative estimate of drug-likeness (QED) is 0.592. The van der Waals surface area contributed by atoms with Crippen molar-refractivity contribution >= 4 is 69.8 Å². The second-order valence-corrected chi connectivity index (χ2v) is 7.24. The summed E-state index contributed by atoms with van der Waals surface area (Å²) < 4.78 is 33.7. The van der Waals surface area contributed by atoms with E-state index in [1.54, 1.807) is 0 Å². The van der Waals surface area contributed by atoms with E-state index in [4.69, 9.17) is 58.0 Å². The summed E-state index contributed by atoms with van der Waals surface area (Å²) in [5.41, 5.74) is 0. The lowest BCUT2D eigenvalue weighted by molar-refractivity contribution is -0.00817. The minimum atomic E-state index is -4.05. The first-order chi connectivity index (χ1) is 5.46. The molecule has 1 fully saturated rings. The second kappa shape index (κ2) is 3.05. The van der Waals surface area contributed by atoms with Gasteiger partial charge in [0.1, 0.15) is 0 Å². The molecule has 13 heavy (non-hydrogen) atoms. The Bertz CT molecular complexity index is 216. The number of thioether (sulfide) groups is 1. The maximum absolute atomic E-state index is 13.2. The van der Waals surface area contributed by atoms with Gasteiger partial charge in [-0.2, -0.15) is 8.78 Å². The summed E-state index contributed by atoms with van der Waals surface area (Å²) in [7, 11) is 0. The minimum Gasteiger partial charge on any atom is -0.215 e. The summed E-state index contributed by atoms with van der Waals surface area (Å²) in [6.45, 7) is 0. The van der Waals surface area contributed by atoms with E-state index in [-0.39, 0.29) is 0 Å². The van der Waals surface area contributed by atoms with E-state index in [9.17, 15) is 13.2 Å². The number of alkyl halides is 8. The lowest BCUT2D eigenvalue weighted by atomic mass is 10.3. The Morgan fingerprint density at radius 1 is 0.846 bits per heavy atom. The smallest absolute Gasteiger partial charge is 0.215 e. The highest BCUT2D eigenvalue weighted by molar-refractivity contribution is 8.05. The summed E-state index contributed by atoms with van der Waals surface area (Å²) >= 11 is 25.5. The Hall–Kier alpha value is 1.59. The molecule has 1 unspecified atom stereocenters. The van der Waals surface area contributed by atoms with Crippen LogP contribution in [0.4, 0.5) is 13.2 Å². The van der Waals surface area contributed by atoms with Crippen LogP contribution in [0.15, 0.2) is 0 Å². The van der Waals surface area contributed by atoms with Crippen molar-refractivity contribution in [2.45, 2.75) is 18.4 Å². The van der Waals surface area contributed by atoms with Crippen LogP contribution in [0.1, 0.15) is 0 Å². The summed E-state index contributed by atoms with van der Waals surface area (Å²) in [5.74, 6) is 0. The van der Waals surface area contributed by atoms with Crippen molar-refractivity contribution in [3.63, 3.8) is 0 Å². The van der Waals surface area contributed by atoms with Crippen molar-refractivity contribution < 1.29 is 13.2 Å². The number of halogens is 8. The van der Waals surface area contributed by atoms with Crippen LogP contribution in [-0.2, 0) is 0 Å². The molecule has 0 N–H and O–H groups in total. The first kappa shape index (κ1) is 12.7. The van der Waals surface area contributed by atoms with E-state index in [1.165, 1.54) is 0 Å². The van der Waals surface area contributed by atoms with Gasteiger partial charge in [0.15, 0.2) is 0 Å². The molecule has 0 saturated carbocycles. The third kappa shape index (κ3) is 1.53. The largest absolute Gasteiger partial charge is 0.347 e. The fraction of sp³-hybridized carbons (Fsp3) is 1.00. The second-order valence-electron chi connectivity index (χ2n) is 2.28. The van der Waals surface area contributed by atoms with Gasteiger partial charge in [-0.15, -0.1) is 0 Å². The third-order valence-corrected chi connectivity index (χ3v) is 6.04. The molecule has 1 heterocycles. The molecule has 0 amide bonds. The molecule has 0 nitrogen and oxygen atoms in total. The monoisotopic (exact) mass is 312 g/mol. The van der Waals surface area contributed by atoms with Crippen LogP contribution in [0.3, 0.4) is 0 Å². The molecule has 0 spiro atoms. The number of rotatable bonds is 0. The fourth-order valence-electron chi connectivity index (χ4n) is 0.655. The van der Waals surface area contributed by atoms with Crippen molar-refractivity contribution in [2.24, 2.45) is 0 Å². The zero-order chi connectivity index (χ0) is 10.7. The highest BCUT2D eigenvalue weighted by Crippen LogP contribution is 2.73. The topological polar surface area (TPSA) is 0 Å². The average Bonchev–Trinajstić information content (AvgIpc) is 1.88. The van der Waals surface area contributed by atoms with Gasteiger partial charge in [-0.25, -0.2) is 4.39 Å². The first-order valence-corrected chi connectivity index (χ1v) is 5.38. The predicted octanol–water partition coefficient (Wildman–Crippen LogP) is 4.54. The molecular weight excluding hydrogens is 314 g/mol. The van der Waals surface area contributed by atoms with Crippen molar-refractivity contribution in [3.05, 3.63) is 0 Å². The molecular formula is C4Cl5F3S. The standard InChI is InChI=1S/C4Cl5F3S/c5-1(6)2(7,10)4(11,12)13-3(1,8)9. The van der Waals surface area contributed by atoms with Crippen LogP contribution < -0.4 is 0 Å². The Kier molecular flexibility index (Phi) is 2.97. The zero-order valence-electron chi connectivity index (χ0n) is 5.43. The molecule has 78 valence electrons. The van der Waals surface area contributed by atoms with E-state index in [0.717, 1.165) is 0 Å². The molecule has 9 heteroatoms. The van der Waals surface area contributed by atoms with E-state index in [1.807, 2.05) is 0 Å². The maximum atomic E-state index is 13.2. The van der Waals surface area contributed by atoms with Crippen molar-refractivity contribution in [1.82, 2.24) is 0 Å². The molecule has 0 aromatic carbocycles. The highest BCUT2D eigenvalue weighted by atomic mass is 35.5. The first-order valence-electron chi connectivity index (χ1n) is 2.67. The van der Waals surface area contributed by atoms with Crippen molar-refractivity contribution in [3.8, 4) is 0 Å². The number of hydrogen-bond acceptors (Lipinski definition) is 1. The molecule has 1 aliphatic heterocycles. The maximum Gasteiger partial charge on any atom is 0.347 e. The van der Waals surface area contributed by atoms with Gasteiger partial charge in [-0.1, -0.05) is 58.0 Å². The molecule has 1 rings (SSSR count). The van der Waals surface area contributed by atoms with Gasteiger partial charge in [-0.05, 0) is 11.8 Å². The molecule has 1 atom stereocenters. The van der Waals surface area contributed by atoms with E-state index < -0.39 is 30.1 Å². The van der Waals surface area contributed by atoms with Crippen LogP contribution in [0.5, 0.6) is 0 Å². The Labute approximate surface area is 101 Å². The molecule has 0 aromatic heterocycles. The van der Waals surface area contributed by atoms with E-state index >= 15 is 0 Å². The van der Waals surface area contributed by atoms with Gasteiger partial charge in [0.2, 0.25) is 8.00 Å². The van der Waals surface area contributed by atoms with Crippen molar-refractivity contribution in [2.75, 3.05) is 0 Å². The van der Waals surface area contributed by atoms with Gasteiger partial charge in [0, 0.05) is 0 Å². The lowest BCUT2D eigenvalue weighted by Crippen LogP contribution is -2.47. The Morgan fingerprint density at radius 2 is 1.23 bits per heavy atom. The van der Waals surface area contributed by atoms with Crippen molar-refractivity contribution in [1.29, 1.82) is 0 Å². The van der Waals surface area contributed by atoms with Crippen LogP contribution in [-0.4, -0.2) is 18.4 Å². The number of hydrogen-bond donors (Lipinski definition) is 0. The summed E-state index contributed by atoms with van der Waals surface area (Å²) in [4.78, 5) is 0. The predicted molar refractivity (Wildman–Crippen MR) is 51.1 cm³/mol. The Balaban J connectivity index is 3.24. The zero-order valence-corrected chi connectivity index (χ0v) is 10.0. The molecule has 0 radical (unpaired) electrons. The van der Waals surface area contributed by atoms with E-state index in [0.29, 0.717) is 0 Å². The molecule has 0 aromatic rings. The van der Waals surface area contributed by atoms with Crippen LogP contribution in [0.2, 0.25) is 0 Å². The average molecular weight is 314 g/mol. The van der Waals surface area contributed by atoms with Gasteiger partial charge < -0.3 is 0 Å². The van der Waals surface area contributed by atoms with Crippen LogP contribution in [0, 0.1) is 0 Å². The third-order valence-electron chi connectivity index (χ3n) is 1.38. The van der Waals surface area contributed by atoms with Gasteiger partial charge >= 0.3 is 5.25 Å². The van der Waals surface area contributed by atoms with E-state index in [2.05, 4.69) is 0 Å². The highest BCUT2D eigenvalue weighted by Gasteiger charge is 2.82. The fourth-order valence-corrected chi connectivity index (χ4v) is 3.36. The summed E-state index contributed by atoms with van der Waals surface area (Å²) in [6, 6.07) is 0. The summed E-state index contributed by atoms with van der Waals surface area (Å²) in [6.07, 6.45) is 0. The lowest BCUT2D eigenvalue weighted by Gasteiger charge is -2.29.